The van der Waals surface area contributed by atoms with E-state index in [4.69, 9.17) is 0 Å². The average Bonchev–Trinajstić information content (AvgIpc) is 3.07. The third-order valence-electron chi connectivity index (χ3n) is 4.74. The largest absolute Gasteiger partial charge is 0.394 e. The first-order valence-electron chi connectivity index (χ1n) is 7.72. The van der Waals surface area contributed by atoms with Crippen molar-refractivity contribution in [1.82, 2.24) is 10.2 Å². The molecule has 2 saturated carbocycles. The second kappa shape index (κ2) is 5.89. The highest BCUT2D eigenvalue weighted by Gasteiger charge is 2.41. The van der Waals surface area contributed by atoms with Gasteiger partial charge in [-0.05, 0) is 58.4 Å². The van der Waals surface area contributed by atoms with Crippen LogP contribution >= 0.6 is 0 Å². The van der Waals surface area contributed by atoms with Gasteiger partial charge in [-0.2, -0.15) is 0 Å². The van der Waals surface area contributed by atoms with Crippen LogP contribution in [0, 0.1) is 5.92 Å². The van der Waals surface area contributed by atoms with Gasteiger partial charge in [0.1, 0.15) is 0 Å². The van der Waals surface area contributed by atoms with Crippen LogP contribution in [0.15, 0.2) is 0 Å². The smallest absolute Gasteiger partial charge is 0.0613 e. The van der Waals surface area contributed by atoms with Gasteiger partial charge in [-0.25, -0.2) is 0 Å². The zero-order valence-corrected chi connectivity index (χ0v) is 12.3. The summed E-state index contributed by atoms with van der Waals surface area (Å²) in [7, 11) is 0. The first kappa shape index (κ1) is 14.3. The van der Waals surface area contributed by atoms with Crippen LogP contribution < -0.4 is 5.32 Å². The predicted octanol–water partition coefficient (Wildman–Crippen LogP) is 2.00. The molecular formula is C15H30N2O. The van der Waals surface area contributed by atoms with Crippen LogP contribution in [0.25, 0.3) is 0 Å². The first-order valence-corrected chi connectivity index (χ1v) is 7.72. The molecule has 0 aromatic carbocycles. The van der Waals surface area contributed by atoms with Crippen molar-refractivity contribution in [2.24, 2.45) is 5.92 Å². The first-order chi connectivity index (χ1) is 8.60. The number of likely N-dealkylation sites (N-methyl/N-ethyl adjacent to an activating group) is 1. The molecule has 18 heavy (non-hydrogen) atoms. The van der Waals surface area contributed by atoms with Gasteiger partial charge < -0.3 is 10.4 Å². The van der Waals surface area contributed by atoms with Crippen LogP contribution in [0.1, 0.15) is 52.9 Å². The summed E-state index contributed by atoms with van der Waals surface area (Å²) in [5, 5.41) is 13.2. The van der Waals surface area contributed by atoms with Gasteiger partial charge in [0.05, 0.1) is 6.61 Å². The van der Waals surface area contributed by atoms with Crippen molar-refractivity contribution < 1.29 is 5.11 Å². The van der Waals surface area contributed by atoms with Crippen molar-refractivity contribution in [1.29, 1.82) is 0 Å². The van der Waals surface area contributed by atoms with Crippen LogP contribution in [-0.4, -0.2) is 47.3 Å². The molecule has 0 radical (unpaired) electrons. The fourth-order valence-corrected chi connectivity index (χ4v) is 3.50. The molecule has 0 spiro atoms. The maximum absolute atomic E-state index is 9.70. The second-order valence-corrected chi connectivity index (χ2v) is 6.60. The number of aliphatic hydroxyl groups excluding tert-OH is 1. The number of hydrogen-bond acceptors (Lipinski definition) is 3. The summed E-state index contributed by atoms with van der Waals surface area (Å²) < 4.78 is 0. The molecule has 3 heteroatoms. The Morgan fingerprint density at radius 3 is 2.56 bits per heavy atom. The lowest BCUT2D eigenvalue weighted by Crippen LogP contribution is -2.49. The van der Waals surface area contributed by atoms with Gasteiger partial charge in [0.15, 0.2) is 0 Å². The average molecular weight is 254 g/mol. The summed E-state index contributed by atoms with van der Waals surface area (Å²) >= 11 is 0. The maximum atomic E-state index is 9.70. The van der Waals surface area contributed by atoms with Gasteiger partial charge in [-0.15, -0.1) is 0 Å². The predicted molar refractivity (Wildman–Crippen MR) is 75.7 cm³/mol. The molecule has 0 saturated heterocycles. The molecule has 0 amide bonds. The lowest BCUT2D eigenvalue weighted by molar-refractivity contribution is 0.121. The fourth-order valence-electron chi connectivity index (χ4n) is 3.50. The highest BCUT2D eigenvalue weighted by atomic mass is 16.3. The summed E-state index contributed by atoms with van der Waals surface area (Å²) in [6.45, 7) is 9.28. The van der Waals surface area contributed by atoms with Crippen molar-refractivity contribution in [2.45, 2.75) is 70.5 Å². The minimum atomic E-state index is -0.00386. The van der Waals surface area contributed by atoms with E-state index >= 15 is 0 Å². The second-order valence-electron chi connectivity index (χ2n) is 6.60. The Hall–Kier alpha value is -0.120. The monoisotopic (exact) mass is 254 g/mol. The number of nitrogens with one attached hydrogen (secondary N) is 1. The van der Waals surface area contributed by atoms with Gasteiger partial charge in [0.2, 0.25) is 0 Å². The standard InChI is InChI=1S/C15H30N2O/c1-4-16-15(11-18)8-7-14(9-15)17(12(2)3)10-13-5-6-13/h12-14,16,18H,4-11H2,1-3H3. The van der Waals surface area contributed by atoms with Crippen LogP contribution in [-0.2, 0) is 0 Å². The van der Waals surface area contributed by atoms with Gasteiger partial charge in [-0.3, -0.25) is 4.90 Å². The van der Waals surface area contributed by atoms with Gasteiger partial charge in [-0.1, -0.05) is 6.92 Å². The van der Waals surface area contributed by atoms with Crippen LogP contribution in [0.5, 0.6) is 0 Å². The molecule has 2 aliphatic carbocycles. The molecule has 0 aromatic heterocycles. The summed E-state index contributed by atoms with van der Waals surface area (Å²) in [4.78, 5) is 2.69. The Labute approximate surface area is 112 Å². The lowest BCUT2D eigenvalue weighted by Gasteiger charge is -2.35. The molecule has 2 N–H and O–H groups in total. The molecule has 2 aliphatic rings. The van der Waals surface area contributed by atoms with E-state index in [1.54, 1.807) is 0 Å². The molecule has 3 nitrogen and oxygen atoms in total. The summed E-state index contributed by atoms with van der Waals surface area (Å²) in [5.74, 6) is 0.954. The minimum absolute atomic E-state index is 0.00386. The Morgan fingerprint density at radius 1 is 1.33 bits per heavy atom. The number of hydrogen-bond donors (Lipinski definition) is 2. The molecule has 0 aliphatic heterocycles. The number of aliphatic hydroxyl groups is 1. The molecule has 2 fully saturated rings. The Bertz CT molecular complexity index is 265. The topological polar surface area (TPSA) is 35.5 Å². The van der Waals surface area contributed by atoms with E-state index in [1.807, 2.05) is 0 Å². The van der Waals surface area contributed by atoms with Gasteiger partial charge in [0.25, 0.3) is 0 Å². The number of nitrogens with zero attached hydrogens (tertiary/aromatic N) is 1. The zero-order chi connectivity index (χ0) is 13.2. The van der Waals surface area contributed by atoms with E-state index in [2.05, 4.69) is 31.0 Å². The fraction of sp³-hybridized carbons (Fsp3) is 1.00. The van der Waals surface area contributed by atoms with Gasteiger partial charge in [0, 0.05) is 24.2 Å². The molecule has 0 bridgehead atoms. The molecule has 2 unspecified atom stereocenters. The lowest BCUT2D eigenvalue weighted by atomic mass is 9.98. The van der Waals surface area contributed by atoms with Crippen molar-refractivity contribution in [3.63, 3.8) is 0 Å². The summed E-state index contributed by atoms with van der Waals surface area (Å²) in [5.41, 5.74) is -0.00386. The highest BCUT2D eigenvalue weighted by Crippen LogP contribution is 2.37. The van der Waals surface area contributed by atoms with Crippen molar-refractivity contribution >= 4 is 0 Å². The third-order valence-corrected chi connectivity index (χ3v) is 4.74. The SMILES string of the molecule is CCNC1(CO)CCC(N(CC2CC2)C(C)C)C1. The van der Waals surface area contributed by atoms with E-state index in [0.29, 0.717) is 12.1 Å². The highest BCUT2D eigenvalue weighted by molar-refractivity contribution is 5.00. The Balaban J connectivity index is 1.95. The maximum Gasteiger partial charge on any atom is 0.0613 e. The Morgan fingerprint density at radius 2 is 2.06 bits per heavy atom. The normalized spacial score (nSPS) is 32.7. The molecule has 0 heterocycles. The van der Waals surface area contributed by atoms with E-state index < -0.39 is 0 Å². The van der Waals surface area contributed by atoms with E-state index in [9.17, 15) is 5.11 Å². The van der Waals surface area contributed by atoms with Crippen LogP contribution in [0.3, 0.4) is 0 Å². The van der Waals surface area contributed by atoms with E-state index in [-0.39, 0.29) is 12.1 Å². The molecular weight excluding hydrogens is 224 g/mol. The van der Waals surface area contributed by atoms with E-state index in [1.165, 1.54) is 25.8 Å². The van der Waals surface area contributed by atoms with Crippen molar-refractivity contribution in [3.8, 4) is 0 Å². The Kier molecular flexibility index (Phi) is 4.68. The summed E-state index contributed by atoms with van der Waals surface area (Å²) in [6, 6.07) is 1.29. The zero-order valence-electron chi connectivity index (χ0n) is 12.3. The van der Waals surface area contributed by atoms with Crippen molar-refractivity contribution in [3.05, 3.63) is 0 Å². The minimum Gasteiger partial charge on any atom is -0.394 e. The third kappa shape index (κ3) is 3.25. The van der Waals surface area contributed by atoms with Gasteiger partial charge >= 0.3 is 0 Å². The summed E-state index contributed by atoms with van der Waals surface area (Å²) in [6.07, 6.45) is 6.32. The molecule has 2 rings (SSSR count). The number of rotatable bonds is 7. The van der Waals surface area contributed by atoms with Crippen molar-refractivity contribution in [2.75, 3.05) is 19.7 Å². The van der Waals surface area contributed by atoms with E-state index in [0.717, 1.165) is 25.3 Å². The molecule has 106 valence electrons. The van der Waals surface area contributed by atoms with Crippen LogP contribution in [0.2, 0.25) is 0 Å². The molecule has 0 aromatic rings. The molecule has 2 atom stereocenters. The van der Waals surface area contributed by atoms with Crippen LogP contribution in [0.4, 0.5) is 0 Å². The quantitative estimate of drug-likeness (QED) is 0.729.